The Bertz CT molecular complexity index is 558. The number of aromatic nitrogens is 2. The highest BCUT2D eigenvalue weighted by Crippen LogP contribution is 2.15. The molecule has 0 unspecified atom stereocenters. The Morgan fingerprint density at radius 2 is 2.35 bits per heavy atom. The second kappa shape index (κ2) is 6.41. The summed E-state index contributed by atoms with van der Waals surface area (Å²) in [7, 11) is 0. The maximum absolute atomic E-state index is 12.1. The van der Waals surface area contributed by atoms with Gasteiger partial charge >= 0.3 is 0 Å². The Morgan fingerprint density at radius 3 is 2.95 bits per heavy atom. The zero-order valence-electron chi connectivity index (χ0n) is 12.2. The highest BCUT2D eigenvalue weighted by Gasteiger charge is 2.15. The third-order valence-corrected chi connectivity index (χ3v) is 3.19. The zero-order chi connectivity index (χ0) is 14.5. The van der Waals surface area contributed by atoms with Crippen molar-refractivity contribution in [1.82, 2.24) is 15.1 Å². The molecule has 20 heavy (non-hydrogen) atoms. The van der Waals surface area contributed by atoms with Crippen molar-refractivity contribution in [3.05, 3.63) is 41.6 Å². The Labute approximate surface area is 119 Å². The van der Waals surface area contributed by atoms with E-state index in [2.05, 4.69) is 17.3 Å². The van der Waals surface area contributed by atoms with Crippen molar-refractivity contribution in [2.24, 2.45) is 5.92 Å². The predicted molar refractivity (Wildman–Crippen MR) is 76.5 cm³/mol. The highest BCUT2D eigenvalue weighted by molar-refractivity contribution is 5.92. The fraction of sp³-hybridized carbons (Fsp3) is 0.467. The van der Waals surface area contributed by atoms with Gasteiger partial charge in [-0.2, -0.15) is 5.10 Å². The van der Waals surface area contributed by atoms with Crippen LogP contribution in [0.3, 0.4) is 0 Å². The summed E-state index contributed by atoms with van der Waals surface area (Å²) in [5, 5.41) is 7.07. The SMILES string of the molecule is CCc1cc(C)c(C(=O)NC[C@@H](C)Cn2cccn2)o1. The molecule has 0 spiro atoms. The van der Waals surface area contributed by atoms with Crippen LogP contribution in [0.2, 0.25) is 0 Å². The quantitative estimate of drug-likeness (QED) is 0.880. The summed E-state index contributed by atoms with van der Waals surface area (Å²) in [5.41, 5.74) is 0.888. The lowest BCUT2D eigenvalue weighted by molar-refractivity contribution is 0.0916. The van der Waals surface area contributed by atoms with Gasteiger partial charge < -0.3 is 9.73 Å². The average Bonchev–Trinajstić information content (AvgIpc) is 3.05. The molecule has 0 aliphatic carbocycles. The molecular formula is C15H21N3O2. The van der Waals surface area contributed by atoms with Crippen LogP contribution in [0.1, 0.15) is 35.7 Å². The number of hydrogen-bond acceptors (Lipinski definition) is 3. The van der Waals surface area contributed by atoms with E-state index in [0.29, 0.717) is 18.2 Å². The van der Waals surface area contributed by atoms with E-state index in [0.717, 1.165) is 24.3 Å². The first-order chi connectivity index (χ1) is 9.60. The van der Waals surface area contributed by atoms with Gasteiger partial charge in [-0.25, -0.2) is 0 Å². The minimum Gasteiger partial charge on any atom is -0.456 e. The van der Waals surface area contributed by atoms with Gasteiger partial charge in [0.25, 0.3) is 5.91 Å². The van der Waals surface area contributed by atoms with Gasteiger partial charge in [-0.1, -0.05) is 13.8 Å². The van der Waals surface area contributed by atoms with Crippen molar-refractivity contribution in [1.29, 1.82) is 0 Å². The number of furan rings is 1. The minimum atomic E-state index is -0.144. The number of nitrogens with zero attached hydrogens (tertiary/aromatic N) is 2. The van der Waals surface area contributed by atoms with E-state index in [1.165, 1.54) is 0 Å². The van der Waals surface area contributed by atoms with Gasteiger partial charge in [-0.05, 0) is 25.0 Å². The van der Waals surface area contributed by atoms with Crippen molar-refractivity contribution < 1.29 is 9.21 Å². The molecule has 1 amide bonds. The predicted octanol–water partition coefficient (Wildman–Crippen LogP) is 2.41. The van der Waals surface area contributed by atoms with E-state index >= 15 is 0 Å². The summed E-state index contributed by atoms with van der Waals surface area (Å²) in [6.07, 6.45) is 4.47. The Kier molecular flexibility index (Phi) is 4.61. The van der Waals surface area contributed by atoms with Crippen molar-refractivity contribution in [3.63, 3.8) is 0 Å². The molecule has 0 bridgehead atoms. The van der Waals surface area contributed by atoms with Crippen LogP contribution in [-0.2, 0) is 13.0 Å². The molecule has 0 saturated heterocycles. The van der Waals surface area contributed by atoms with Crippen LogP contribution in [0.15, 0.2) is 28.9 Å². The first-order valence-corrected chi connectivity index (χ1v) is 6.95. The first kappa shape index (κ1) is 14.4. The summed E-state index contributed by atoms with van der Waals surface area (Å²) in [5.74, 6) is 1.43. The Morgan fingerprint density at radius 1 is 1.55 bits per heavy atom. The Balaban J connectivity index is 1.86. The summed E-state index contributed by atoms with van der Waals surface area (Å²) in [6.45, 7) is 7.36. The van der Waals surface area contributed by atoms with Crippen LogP contribution >= 0.6 is 0 Å². The molecule has 1 N–H and O–H groups in total. The summed E-state index contributed by atoms with van der Waals surface area (Å²) in [6, 6.07) is 3.81. The molecule has 5 nitrogen and oxygen atoms in total. The molecule has 1 atom stereocenters. The standard InChI is InChI=1S/C15H21N3O2/c1-4-13-8-12(3)14(20-13)15(19)16-9-11(2)10-18-7-5-6-17-18/h5-8,11H,4,9-10H2,1-3H3,(H,16,19)/t11-/m1/s1. The molecule has 2 rings (SSSR count). The molecule has 0 radical (unpaired) electrons. The Hall–Kier alpha value is -2.04. The molecule has 0 aromatic carbocycles. The van der Waals surface area contributed by atoms with E-state index in [1.807, 2.05) is 36.9 Å². The monoisotopic (exact) mass is 275 g/mol. The second-order valence-corrected chi connectivity index (χ2v) is 5.12. The van der Waals surface area contributed by atoms with E-state index in [-0.39, 0.29) is 5.91 Å². The summed E-state index contributed by atoms with van der Waals surface area (Å²) >= 11 is 0. The first-order valence-electron chi connectivity index (χ1n) is 6.95. The molecule has 0 aliphatic heterocycles. The van der Waals surface area contributed by atoms with Crippen LogP contribution in [0.4, 0.5) is 0 Å². The smallest absolute Gasteiger partial charge is 0.287 e. The zero-order valence-corrected chi connectivity index (χ0v) is 12.2. The molecule has 2 aromatic rings. The molecule has 5 heteroatoms. The normalized spacial score (nSPS) is 12.3. The maximum atomic E-state index is 12.1. The number of carbonyl (C=O) groups excluding carboxylic acids is 1. The van der Waals surface area contributed by atoms with Gasteiger partial charge in [0.1, 0.15) is 5.76 Å². The molecule has 0 aliphatic rings. The molecular weight excluding hydrogens is 254 g/mol. The third-order valence-electron chi connectivity index (χ3n) is 3.19. The fourth-order valence-electron chi connectivity index (χ4n) is 2.09. The van der Waals surface area contributed by atoms with Crippen LogP contribution < -0.4 is 5.32 Å². The van der Waals surface area contributed by atoms with Crippen LogP contribution in [0.5, 0.6) is 0 Å². The van der Waals surface area contributed by atoms with Crippen LogP contribution in [-0.4, -0.2) is 22.2 Å². The maximum Gasteiger partial charge on any atom is 0.287 e. The number of amides is 1. The van der Waals surface area contributed by atoms with Gasteiger partial charge in [0.15, 0.2) is 5.76 Å². The molecule has 0 fully saturated rings. The van der Waals surface area contributed by atoms with Crippen LogP contribution in [0.25, 0.3) is 0 Å². The highest BCUT2D eigenvalue weighted by atomic mass is 16.4. The fourth-order valence-corrected chi connectivity index (χ4v) is 2.09. The van der Waals surface area contributed by atoms with E-state index in [4.69, 9.17) is 4.42 Å². The largest absolute Gasteiger partial charge is 0.456 e. The van der Waals surface area contributed by atoms with Crippen molar-refractivity contribution in [2.45, 2.75) is 33.7 Å². The average molecular weight is 275 g/mol. The number of carbonyl (C=O) groups is 1. The van der Waals surface area contributed by atoms with Crippen molar-refractivity contribution in [2.75, 3.05) is 6.54 Å². The number of nitrogens with one attached hydrogen (secondary N) is 1. The number of rotatable bonds is 6. The van der Waals surface area contributed by atoms with Gasteiger partial charge in [-0.3, -0.25) is 9.48 Å². The van der Waals surface area contributed by atoms with Crippen molar-refractivity contribution in [3.8, 4) is 0 Å². The lowest BCUT2D eigenvalue weighted by atomic mass is 10.2. The molecule has 2 heterocycles. The topological polar surface area (TPSA) is 60.1 Å². The summed E-state index contributed by atoms with van der Waals surface area (Å²) in [4.78, 5) is 12.1. The van der Waals surface area contributed by atoms with Gasteiger partial charge in [-0.15, -0.1) is 0 Å². The second-order valence-electron chi connectivity index (χ2n) is 5.12. The number of aryl methyl sites for hydroxylation is 2. The van der Waals surface area contributed by atoms with E-state index < -0.39 is 0 Å². The van der Waals surface area contributed by atoms with E-state index in [1.54, 1.807) is 6.20 Å². The summed E-state index contributed by atoms with van der Waals surface area (Å²) < 4.78 is 7.40. The lowest BCUT2D eigenvalue weighted by Gasteiger charge is -2.12. The van der Waals surface area contributed by atoms with Gasteiger partial charge in [0.05, 0.1) is 0 Å². The van der Waals surface area contributed by atoms with Crippen molar-refractivity contribution >= 4 is 5.91 Å². The van der Waals surface area contributed by atoms with Gasteiger partial charge in [0, 0.05) is 37.5 Å². The lowest BCUT2D eigenvalue weighted by Crippen LogP contribution is -2.30. The molecule has 108 valence electrons. The van der Waals surface area contributed by atoms with Gasteiger partial charge in [0.2, 0.25) is 0 Å². The molecule has 2 aromatic heterocycles. The third kappa shape index (κ3) is 3.50. The minimum absolute atomic E-state index is 0.144. The van der Waals surface area contributed by atoms with E-state index in [9.17, 15) is 4.79 Å². The number of hydrogen-bond donors (Lipinski definition) is 1. The van der Waals surface area contributed by atoms with Crippen LogP contribution in [0, 0.1) is 12.8 Å². The molecule has 0 saturated carbocycles.